The molecule has 0 aliphatic carbocycles. The molecule has 19 heavy (non-hydrogen) atoms. The van der Waals surface area contributed by atoms with Crippen LogP contribution in [0.1, 0.15) is 23.2 Å². The van der Waals surface area contributed by atoms with Crippen LogP contribution < -0.4 is 0 Å². The van der Waals surface area contributed by atoms with E-state index in [9.17, 15) is 18.0 Å². The van der Waals surface area contributed by atoms with Crippen LogP contribution in [0.2, 0.25) is 0 Å². The quantitative estimate of drug-likeness (QED) is 0.897. The van der Waals surface area contributed by atoms with Gasteiger partial charge in [-0.1, -0.05) is 11.6 Å². The summed E-state index contributed by atoms with van der Waals surface area (Å²) in [7, 11) is 0. The fourth-order valence-corrected chi connectivity index (χ4v) is 2.10. The molecule has 2 aromatic rings. The van der Waals surface area contributed by atoms with Gasteiger partial charge in [0.1, 0.15) is 5.69 Å². The summed E-state index contributed by atoms with van der Waals surface area (Å²) in [4.78, 5) is 12.9. The van der Waals surface area contributed by atoms with Crippen molar-refractivity contribution in [1.82, 2.24) is 4.98 Å². The number of aromatic amines is 1. The Hall–Kier alpha value is -1.98. The number of H-pyrrole nitrogens is 1. The van der Waals surface area contributed by atoms with E-state index in [4.69, 9.17) is 5.11 Å². The van der Waals surface area contributed by atoms with Crippen molar-refractivity contribution in [3.8, 4) is 0 Å². The molecular weight excluding hydrogens is 259 g/mol. The number of hydrogen-bond acceptors (Lipinski definition) is 1. The van der Waals surface area contributed by atoms with Gasteiger partial charge in [0.25, 0.3) is 0 Å². The molecule has 1 aromatic carbocycles. The average molecular weight is 271 g/mol. The minimum atomic E-state index is -4.51. The van der Waals surface area contributed by atoms with Crippen LogP contribution in [0.25, 0.3) is 10.9 Å². The summed E-state index contributed by atoms with van der Waals surface area (Å²) in [5.41, 5.74) is 0.373. The van der Waals surface area contributed by atoms with Crippen LogP contribution in [0.4, 0.5) is 13.2 Å². The third-order valence-electron chi connectivity index (χ3n) is 2.93. The predicted octanol–water partition coefficient (Wildman–Crippen LogP) is 3.51. The normalized spacial score (nSPS) is 12.0. The molecule has 1 aromatic heterocycles. The number of benzene rings is 1. The van der Waals surface area contributed by atoms with Gasteiger partial charge in [-0.2, -0.15) is 13.2 Å². The van der Waals surface area contributed by atoms with Crippen molar-refractivity contribution in [2.45, 2.75) is 25.9 Å². The van der Waals surface area contributed by atoms with Gasteiger partial charge in [0.15, 0.2) is 0 Å². The minimum absolute atomic E-state index is 0.0219. The van der Waals surface area contributed by atoms with Crippen LogP contribution in [0.3, 0.4) is 0 Å². The largest absolute Gasteiger partial charge is 0.481 e. The second kappa shape index (κ2) is 4.60. The molecule has 3 nitrogen and oxygen atoms in total. The third kappa shape index (κ3) is 2.72. The van der Waals surface area contributed by atoms with E-state index < -0.39 is 17.8 Å². The molecule has 102 valence electrons. The first-order chi connectivity index (χ1) is 8.79. The first kappa shape index (κ1) is 13.5. The van der Waals surface area contributed by atoms with Crippen molar-refractivity contribution in [2.24, 2.45) is 0 Å². The van der Waals surface area contributed by atoms with Crippen LogP contribution in [-0.2, 0) is 17.4 Å². The molecule has 2 rings (SSSR count). The Labute approximate surface area is 107 Å². The van der Waals surface area contributed by atoms with Crippen LogP contribution >= 0.6 is 0 Å². The zero-order valence-corrected chi connectivity index (χ0v) is 10.1. The maximum atomic E-state index is 12.9. The number of fused-ring (bicyclic) bond motifs is 1. The number of aryl methyl sites for hydroxylation is 2. The first-order valence-corrected chi connectivity index (χ1v) is 5.69. The summed E-state index contributed by atoms with van der Waals surface area (Å²) in [6, 6.07) is 4.92. The van der Waals surface area contributed by atoms with Gasteiger partial charge in [-0.15, -0.1) is 0 Å². The predicted molar refractivity (Wildman–Crippen MR) is 64.0 cm³/mol. The number of alkyl halides is 3. The maximum Gasteiger partial charge on any atom is 0.431 e. The lowest BCUT2D eigenvalue weighted by molar-refractivity contribution is -0.142. The number of aliphatic carboxylic acids is 1. The van der Waals surface area contributed by atoms with E-state index in [1.54, 1.807) is 25.1 Å². The van der Waals surface area contributed by atoms with E-state index in [1.807, 2.05) is 0 Å². The van der Waals surface area contributed by atoms with Crippen molar-refractivity contribution in [2.75, 3.05) is 0 Å². The van der Waals surface area contributed by atoms with Gasteiger partial charge in [-0.3, -0.25) is 4.79 Å². The molecule has 0 spiro atoms. The van der Waals surface area contributed by atoms with Gasteiger partial charge >= 0.3 is 12.1 Å². The molecular formula is C13H12F3NO2. The highest BCUT2D eigenvalue weighted by Crippen LogP contribution is 2.36. The van der Waals surface area contributed by atoms with Crippen LogP contribution in [0.5, 0.6) is 0 Å². The Kier molecular flexibility index (Phi) is 3.26. The fraction of sp³-hybridized carbons (Fsp3) is 0.308. The average Bonchev–Trinajstić information content (AvgIpc) is 2.64. The SMILES string of the molecule is Cc1ccc2[nH]c(C(F)(F)F)c(CCC(=O)O)c2c1. The van der Waals surface area contributed by atoms with Gasteiger partial charge in [0, 0.05) is 17.3 Å². The van der Waals surface area contributed by atoms with Crippen LogP contribution in [0.15, 0.2) is 18.2 Å². The van der Waals surface area contributed by atoms with Crippen molar-refractivity contribution < 1.29 is 23.1 Å². The van der Waals surface area contributed by atoms with Gasteiger partial charge in [0.2, 0.25) is 0 Å². The molecule has 0 unspecified atom stereocenters. The molecule has 0 saturated carbocycles. The maximum absolute atomic E-state index is 12.9. The standard InChI is InChI=1S/C13H12F3NO2/c1-7-2-4-10-9(6-7)8(3-5-11(18)19)12(17-10)13(14,15)16/h2,4,6,17H,3,5H2,1H3,(H,18,19). The number of rotatable bonds is 3. The number of carboxylic acids is 1. The third-order valence-corrected chi connectivity index (χ3v) is 2.93. The fourth-order valence-electron chi connectivity index (χ4n) is 2.10. The number of carboxylic acid groups (broad SMARTS) is 1. The van der Waals surface area contributed by atoms with Gasteiger partial charge in [-0.05, 0) is 31.0 Å². The van der Waals surface area contributed by atoms with Gasteiger partial charge < -0.3 is 10.1 Å². The lowest BCUT2D eigenvalue weighted by Crippen LogP contribution is -2.10. The van der Waals surface area contributed by atoms with E-state index in [0.29, 0.717) is 10.9 Å². The molecule has 6 heteroatoms. The Morgan fingerprint density at radius 2 is 2.05 bits per heavy atom. The number of carbonyl (C=O) groups is 1. The molecule has 0 bridgehead atoms. The Morgan fingerprint density at radius 3 is 2.63 bits per heavy atom. The number of hydrogen-bond donors (Lipinski definition) is 2. The van der Waals surface area contributed by atoms with Crippen LogP contribution in [0, 0.1) is 6.92 Å². The summed E-state index contributed by atoms with van der Waals surface area (Å²) in [6.07, 6.45) is -4.99. The Balaban J connectivity index is 2.59. The van der Waals surface area contributed by atoms with E-state index >= 15 is 0 Å². The first-order valence-electron chi connectivity index (χ1n) is 5.69. The van der Waals surface area contributed by atoms with Crippen molar-refractivity contribution in [1.29, 1.82) is 0 Å². The second-order valence-corrected chi connectivity index (χ2v) is 4.42. The Morgan fingerprint density at radius 1 is 1.37 bits per heavy atom. The lowest BCUT2D eigenvalue weighted by atomic mass is 10.0. The van der Waals surface area contributed by atoms with Crippen molar-refractivity contribution in [3.63, 3.8) is 0 Å². The van der Waals surface area contributed by atoms with Crippen molar-refractivity contribution in [3.05, 3.63) is 35.0 Å². The molecule has 0 radical (unpaired) electrons. The van der Waals surface area contributed by atoms with Crippen LogP contribution in [-0.4, -0.2) is 16.1 Å². The molecule has 1 heterocycles. The number of aromatic nitrogens is 1. The smallest absolute Gasteiger partial charge is 0.431 e. The lowest BCUT2D eigenvalue weighted by Gasteiger charge is -2.07. The topological polar surface area (TPSA) is 53.1 Å². The molecule has 0 saturated heterocycles. The molecule has 0 amide bonds. The summed E-state index contributed by atoms with van der Waals surface area (Å²) in [5, 5.41) is 9.08. The number of halogens is 3. The Bertz CT molecular complexity index is 629. The molecule has 0 aliphatic rings. The second-order valence-electron chi connectivity index (χ2n) is 4.42. The highest BCUT2D eigenvalue weighted by molar-refractivity contribution is 5.86. The molecule has 0 atom stereocenters. The summed E-state index contributed by atoms with van der Waals surface area (Å²) >= 11 is 0. The van der Waals surface area contributed by atoms with Crippen molar-refractivity contribution >= 4 is 16.9 Å². The summed E-state index contributed by atoms with van der Waals surface area (Å²) < 4.78 is 38.8. The molecule has 2 N–H and O–H groups in total. The van der Waals surface area contributed by atoms with Gasteiger partial charge in [0.05, 0.1) is 0 Å². The van der Waals surface area contributed by atoms with E-state index in [2.05, 4.69) is 4.98 Å². The monoisotopic (exact) mass is 271 g/mol. The molecule has 0 aliphatic heterocycles. The summed E-state index contributed by atoms with van der Waals surface area (Å²) in [5.74, 6) is -1.12. The zero-order valence-electron chi connectivity index (χ0n) is 10.1. The van der Waals surface area contributed by atoms with E-state index in [-0.39, 0.29) is 18.4 Å². The van der Waals surface area contributed by atoms with Gasteiger partial charge in [-0.25, -0.2) is 0 Å². The highest BCUT2D eigenvalue weighted by Gasteiger charge is 2.36. The molecule has 0 fully saturated rings. The summed E-state index contributed by atoms with van der Waals surface area (Å²) in [6.45, 7) is 1.78. The minimum Gasteiger partial charge on any atom is -0.481 e. The highest BCUT2D eigenvalue weighted by atomic mass is 19.4. The van der Waals surface area contributed by atoms with E-state index in [0.717, 1.165) is 5.56 Å². The zero-order chi connectivity index (χ0) is 14.2. The van der Waals surface area contributed by atoms with E-state index in [1.165, 1.54) is 0 Å². The number of nitrogens with one attached hydrogen (secondary N) is 1.